The predicted molar refractivity (Wildman–Crippen MR) is 57.1 cm³/mol. The Morgan fingerprint density at radius 1 is 1.21 bits per heavy atom. The van der Waals surface area contributed by atoms with Gasteiger partial charge in [0.15, 0.2) is 0 Å². The van der Waals surface area contributed by atoms with Gasteiger partial charge in [0.25, 0.3) is 0 Å². The highest BCUT2D eigenvalue weighted by Gasteiger charge is 2.10. The van der Waals surface area contributed by atoms with E-state index in [0.29, 0.717) is 0 Å². The van der Waals surface area contributed by atoms with Crippen LogP contribution in [0.1, 0.15) is 39.0 Å². The molecule has 84 valence electrons. The summed E-state index contributed by atoms with van der Waals surface area (Å²) in [5.74, 6) is 0. The van der Waals surface area contributed by atoms with Crippen molar-refractivity contribution in [1.82, 2.24) is 4.90 Å². The molecule has 0 bridgehead atoms. The molecule has 1 heterocycles. The standard InChI is InChI=1S/C11H23NO2/c1-2-3-4-5-6-8-13-10-12-7-9-14-11-12/h2-11H2,1H3. The lowest BCUT2D eigenvalue weighted by Crippen LogP contribution is -2.23. The lowest BCUT2D eigenvalue weighted by Gasteiger charge is -2.12. The van der Waals surface area contributed by atoms with E-state index in [1.165, 1.54) is 32.1 Å². The molecule has 0 amide bonds. The number of ether oxygens (including phenoxy) is 2. The first-order chi connectivity index (χ1) is 6.93. The summed E-state index contributed by atoms with van der Waals surface area (Å²) in [5.41, 5.74) is 0. The fraction of sp³-hybridized carbons (Fsp3) is 1.00. The highest BCUT2D eigenvalue weighted by atomic mass is 16.5. The lowest BCUT2D eigenvalue weighted by molar-refractivity contribution is 0.0151. The number of rotatable bonds is 8. The summed E-state index contributed by atoms with van der Waals surface area (Å²) >= 11 is 0. The molecule has 0 unspecified atom stereocenters. The van der Waals surface area contributed by atoms with E-state index in [1.54, 1.807) is 0 Å². The minimum Gasteiger partial charge on any atom is -0.366 e. The van der Waals surface area contributed by atoms with Crippen molar-refractivity contribution in [3.05, 3.63) is 0 Å². The average molecular weight is 201 g/mol. The molecular weight excluding hydrogens is 178 g/mol. The minimum absolute atomic E-state index is 0.744. The van der Waals surface area contributed by atoms with Crippen molar-refractivity contribution in [2.24, 2.45) is 0 Å². The molecule has 3 heteroatoms. The topological polar surface area (TPSA) is 21.7 Å². The van der Waals surface area contributed by atoms with E-state index in [9.17, 15) is 0 Å². The Hall–Kier alpha value is -0.120. The van der Waals surface area contributed by atoms with Crippen molar-refractivity contribution in [2.45, 2.75) is 39.0 Å². The molecule has 14 heavy (non-hydrogen) atoms. The SMILES string of the molecule is CCCCCCCOCN1CCOC1. The van der Waals surface area contributed by atoms with Gasteiger partial charge in [-0.1, -0.05) is 32.6 Å². The molecule has 0 aromatic rings. The van der Waals surface area contributed by atoms with E-state index < -0.39 is 0 Å². The van der Waals surface area contributed by atoms with Crippen LogP contribution in [0.15, 0.2) is 0 Å². The van der Waals surface area contributed by atoms with E-state index in [0.717, 1.165) is 33.2 Å². The van der Waals surface area contributed by atoms with Crippen molar-refractivity contribution in [1.29, 1.82) is 0 Å². The third-order valence-electron chi connectivity index (χ3n) is 2.49. The van der Waals surface area contributed by atoms with E-state index in [4.69, 9.17) is 9.47 Å². The maximum atomic E-state index is 5.54. The average Bonchev–Trinajstić information content (AvgIpc) is 2.69. The van der Waals surface area contributed by atoms with Gasteiger partial charge in [0.05, 0.1) is 6.61 Å². The molecule has 1 aliphatic heterocycles. The molecule has 1 aliphatic rings. The predicted octanol–water partition coefficient (Wildman–Crippen LogP) is 2.22. The fourth-order valence-corrected chi connectivity index (χ4v) is 1.55. The van der Waals surface area contributed by atoms with Gasteiger partial charge in [-0.2, -0.15) is 0 Å². The van der Waals surface area contributed by atoms with Crippen LogP contribution in [0, 0.1) is 0 Å². The highest BCUT2D eigenvalue weighted by Crippen LogP contribution is 2.03. The zero-order valence-corrected chi connectivity index (χ0v) is 9.33. The molecule has 0 atom stereocenters. The Balaban J connectivity index is 1.75. The summed E-state index contributed by atoms with van der Waals surface area (Å²) in [6.07, 6.45) is 6.54. The van der Waals surface area contributed by atoms with E-state index >= 15 is 0 Å². The van der Waals surface area contributed by atoms with E-state index in [2.05, 4.69) is 11.8 Å². The Labute approximate surface area is 87.4 Å². The molecular formula is C11H23NO2. The van der Waals surface area contributed by atoms with Crippen LogP contribution in [0.25, 0.3) is 0 Å². The lowest BCUT2D eigenvalue weighted by atomic mass is 10.2. The molecule has 1 rings (SSSR count). The molecule has 3 nitrogen and oxygen atoms in total. The summed E-state index contributed by atoms with van der Waals surface area (Å²) in [4.78, 5) is 2.19. The van der Waals surface area contributed by atoms with Gasteiger partial charge < -0.3 is 9.47 Å². The summed E-state index contributed by atoms with van der Waals surface area (Å²) < 4.78 is 10.8. The third kappa shape index (κ3) is 5.58. The van der Waals surface area contributed by atoms with Crippen LogP contribution in [0.3, 0.4) is 0 Å². The van der Waals surface area contributed by atoms with Gasteiger partial charge in [-0.15, -0.1) is 0 Å². The molecule has 0 aromatic heterocycles. The fourth-order valence-electron chi connectivity index (χ4n) is 1.55. The summed E-state index contributed by atoms with van der Waals surface area (Å²) in [5, 5.41) is 0. The number of unbranched alkanes of at least 4 members (excludes halogenated alkanes) is 4. The van der Waals surface area contributed by atoms with Crippen LogP contribution in [0.2, 0.25) is 0 Å². The summed E-state index contributed by atoms with van der Waals surface area (Å²) in [6.45, 7) is 6.52. The van der Waals surface area contributed by atoms with Gasteiger partial charge in [0.2, 0.25) is 0 Å². The second-order valence-corrected chi connectivity index (χ2v) is 3.88. The Morgan fingerprint density at radius 2 is 2.07 bits per heavy atom. The molecule has 0 aromatic carbocycles. The van der Waals surface area contributed by atoms with Crippen LogP contribution in [-0.4, -0.2) is 38.1 Å². The number of hydrogen-bond acceptors (Lipinski definition) is 3. The first-order valence-corrected chi connectivity index (χ1v) is 5.81. The zero-order valence-electron chi connectivity index (χ0n) is 9.33. The zero-order chi connectivity index (χ0) is 10.1. The highest BCUT2D eigenvalue weighted by molar-refractivity contribution is 4.52. The van der Waals surface area contributed by atoms with Crippen molar-refractivity contribution in [3.8, 4) is 0 Å². The Morgan fingerprint density at radius 3 is 2.79 bits per heavy atom. The molecule has 0 saturated carbocycles. The van der Waals surface area contributed by atoms with Gasteiger partial charge in [-0.3, -0.25) is 4.90 Å². The second-order valence-electron chi connectivity index (χ2n) is 3.88. The monoisotopic (exact) mass is 201 g/mol. The van der Waals surface area contributed by atoms with Gasteiger partial charge in [0.1, 0.15) is 13.5 Å². The van der Waals surface area contributed by atoms with Crippen LogP contribution in [0.4, 0.5) is 0 Å². The van der Waals surface area contributed by atoms with Gasteiger partial charge in [0, 0.05) is 13.2 Å². The maximum Gasteiger partial charge on any atom is 0.101 e. The molecule has 0 spiro atoms. The van der Waals surface area contributed by atoms with Gasteiger partial charge in [-0.25, -0.2) is 0 Å². The second kappa shape index (κ2) is 8.21. The van der Waals surface area contributed by atoms with Crippen molar-refractivity contribution >= 4 is 0 Å². The third-order valence-corrected chi connectivity index (χ3v) is 2.49. The van der Waals surface area contributed by atoms with Crippen LogP contribution < -0.4 is 0 Å². The first kappa shape index (κ1) is 12.0. The van der Waals surface area contributed by atoms with Crippen molar-refractivity contribution in [2.75, 3.05) is 33.2 Å². The molecule has 0 N–H and O–H groups in total. The minimum atomic E-state index is 0.744. The Bertz CT molecular complexity index is 124. The number of hydrogen-bond donors (Lipinski definition) is 0. The maximum absolute atomic E-state index is 5.54. The first-order valence-electron chi connectivity index (χ1n) is 5.81. The normalized spacial score (nSPS) is 17.8. The van der Waals surface area contributed by atoms with Gasteiger partial charge in [-0.05, 0) is 6.42 Å². The summed E-state index contributed by atoms with van der Waals surface area (Å²) in [7, 11) is 0. The summed E-state index contributed by atoms with van der Waals surface area (Å²) in [6, 6.07) is 0. The quantitative estimate of drug-likeness (QED) is 0.562. The van der Waals surface area contributed by atoms with E-state index in [1.807, 2.05) is 0 Å². The van der Waals surface area contributed by atoms with Crippen LogP contribution >= 0.6 is 0 Å². The Kier molecular flexibility index (Phi) is 7.01. The van der Waals surface area contributed by atoms with Crippen LogP contribution in [-0.2, 0) is 9.47 Å². The van der Waals surface area contributed by atoms with Crippen LogP contribution in [0.5, 0.6) is 0 Å². The largest absolute Gasteiger partial charge is 0.366 e. The van der Waals surface area contributed by atoms with Crippen molar-refractivity contribution < 1.29 is 9.47 Å². The van der Waals surface area contributed by atoms with E-state index in [-0.39, 0.29) is 0 Å². The smallest absolute Gasteiger partial charge is 0.101 e. The molecule has 0 radical (unpaired) electrons. The molecule has 1 saturated heterocycles. The number of nitrogens with zero attached hydrogens (tertiary/aromatic N) is 1. The van der Waals surface area contributed by atoms with Gasteiger partial charge >= 0.3 is 0 Å². The molecule has 0 aliphatic carbocycles. The molecule has 1 fully saturated rings. The van der Waals surface area contributed by atoms with Crippen molar-refractivity contribution in [3.63, 3.8) is 0 Å².